The number of carbonyl (C=O) groups excluding carboxylic acids is 1. The molecule has 4 rings (SSSR count). The zero-order valence-electron chi connectivity index (χ0n) is 14.9. The van der Waals surface area contributed by atoms with Gasteiger partial charge in [0.25, 0.3) is 5.91 Å². The second-order valence-electron chi connectivity index (χ2n) is 6.02. The third-order valence-electron chi connectivity index (χ3n) is 3.99. The molecule has 1 amide bonds. The molecular formula is C21H14F2N4O2. The lowest BCUT2D eigenvalue weighted by atomic mass is 10.3. The summed E-state index contributed by atoms with van der Waals surface area (Å²) < 4.78 is 33.0. The fourth-order valence-electron chi connectivity index (χ4n) is 2.59. The minimum Gasteiger partial charge on any atom is -0.320 e. The predicted octanol–water partition coefficient (Wildman–Crippen LogP) is 4.23. The summed E-state index contributed by atoms with van der Waals surface area (Å²) in [5.74, 6) is -1.38. The lowest BCUT2D eigenvalue weighted by Gasteiger charge is -2.02. The molecule has 3 aromatic carbocycles. The summed E-state index contributed by atoms with van der Waals surface area (Å²) in [6.45, 7) is 0. The predicted molar refractivity (Wildman–Crippen MR) is 102 cm³/mol. The summed E-state index contributed by atoms with van der Waals surface area (Å²) in [5, 5.41) is 6.55. The highest BCUT2D eigenvalue weighted by Crippen LogP contribution is 2.14. The lowest BCUT2D eigenvalue weighted by molar-refractivity contribution is 0.101. The molecule has 144 valence electrons. The van der Waals surface area contributed by atoms with Gasteiger partial charge in [-0.15, -0.1) is 4.74 Å². The average Bonchev–Trinajstić information content (AvgIpc) is 3.15. The number of benzene rings is 3. The van der Waals surface area contributed by atoms with Crippen molar-refractivity contribution in [2.24, 2.45) is 4.99 Å². The fraction of sp³-hybridized carbons (Fsp3) is 0. The largest absolute Gasteiger partial charge is 0.320 e. The fourth-order valence-corrected chi connectivity index (χ4v) is 2.59. The molecule has 0 radical (unpaired) electrons. The van der Waals surface area contributed by atoms with Crippen molar-refractivity contribution in [1.29, 1.82) is 0 Å². The van der Waals surface area contributed by atoms with Gasteiger partial charge in [0.05, 0.1) is 11.4 Å². The number of amides is 1. The van der Waals surface area contributed by atoms with E-state index >= 15 is 0 Å². The van der Waals surface area contributed by atoms with Gasteiger partial charge in [-0.25, -0.2) is 13.8 Å². The molecule has 0 saturated carbocycles. The molecule has 0 unspecified atom stereocenters. The van der Waals surface area contributed by atoms with Crippen LogP contribution in [0.3, 0.4) is 0 Å². The van der Waals surface area contributed by atoms with Gasteiger partial charge >= 0.3 is 0 Å². The second-order valence-corrected chi connectivity index (χ2v) is 6.02. The quantitative estimate of drug-likeness (QED) is 0.565. The van der Waals surface area contributed by atoms with Crippen LogP contribution in [0.15, 0.2) is 88.5 Å². The zero-order chi connectivity index (χ0) is 20.2. The topological polar surface area (TPSA) is 72.4 Å². The molecule has 6 nitrogen and oxygen atoms in total. The third kappa shape index (κ3) is 4.11. The summed E-state index contributed by atoms with van der Waals surface area (Å²) in [6, 6.07) is 19.7. The van der Waals surface area contributed by atoms with Crippen LogP contribution < -0.4 is 10.8 Å². The number of hydrogen-bond donors (Lipinski definition) is 1. The van der Waals surface area contributed by atoms with E-state index in [1.807, 2.05) is 6.07 Å². The van der Waals surface area contributed by atoms with Crippen LogP contribution in [0.1, 0.15) is 10.5 Å². The third-order valence-corrected chi connectivity index (χ3v) is 3.99. The highest BCUT2D eigenvalue weighted by Gasteiger charge is 2.19. The lowest BCUT2D eigenvalue weighted by Crippen LogP contribution is -2.25. The normalized spacial score (nSPS) is 11.4. The molecule has 0 spiro atoms. The molecule has 0 aliphatic rings. The molecule has 1 N–H and O–H groups in total. The van der Waals surface area contributed by atoms with Crippen molar-refractivity contribution in [2.75, 3.05) is 5.32 Å². The smallest absolute Gasteiger partial charge is 0.281 e. The van der Waals surface area contributed by atoms with Gasteiger partial charge in [0.2, 0.25) is 11.2 Å². The van der Waals surface area contributed by atoms with Gasteiger partial charge in [0.15, 0.2) is 0 Å². The van der Waals surface area contributed by atoms with Crippen molar-refractivity contribution < 1.29 is 18.2 Å². The molecule has 29 heavy (non-hydrogen) atoms. The maximum absolute atomic E-state index is 13.3. The van der Waals surface area contributed by atoms with E-state index in [1.165, 1.54) is 53.3 Å². The van der Waals surface area contributed by atoms with Crippen LogP contribution in [0.5, 0.6) is 0 Å². The average molecular weight is 392 g/mol. The van der Waals surface area contributed by atoms with Crippen molar-refractivity contribution in [3.05, 3.63) is 102 Å². The second kappa shape index (κ2) is 7.89. The van der Waals surface area contributed by atoms with E-state index in [1.54, 1.807) is 24.3 Å². The van der Waals surface area contributed by atoms with Crippen molar-refractivity contribution in [2.45, 2.75) is 0 Å². The molecule has 0 fully saturated rings. The van der Waals surface area contributed by atoms with Gasteiger partial charge in [-0.05, 0) is 65.8 Å². The Morgan fingerprint density at radius 3 is 2.17 bits per heavy atom. The molecule has 8 heteroatoms. The molecule has 4 aromatic rings. The van der Waals surface area contributed by atoms with Crippen LogP contribution in [-0.2, 0) is 0 Å². The van der Waals surface area contributed by atoms with Crippen LogP contribution in [0, 0.1) is 11.6 Å². The number of rotatable bonds is 4. The standard InChI is InChI=1S/C21H14F2N4O2/c22-14-6-10-17(11-7-14)24-20-19(21(28)25-16-4-2-1-3-5-16)26-29-27(20)18-12-8-15(23)9-13-18/h1-13H,(H,25,28). The number of nitrogens with zero attached hydrogens (tertiary/aromatic N) is 3. The van der Waals surface area contributed by atoms with Crippen LogP contribution in [0.2, 0.25) is 0 Å². The van der Waals surface area contributed by atoms with E-state index in [0.29, 0.717) is 17.1 Å². The van der Waals surface area contributed by atoms with Crippen LogP contribution in [0.25, 0.3) is 5.69 Å². The van der Waals surface area contributed by atoms with Gasteiger partial charge in [0.1, 0.15) is 11.6 Å². The molecule has 1 aromatic heterocycles. The number of nitrogens with one attached hydrogen (secondary N) is 1. The van der Waals surface area contributed by atoms with E-state index in [0.717, 1.165) is 0 Å². The van der Waals surface area contributed by atoms with E-state index in [-0.39, 0.29) is 11.2 Å². The summed E-state index contributed by atoms with van der Waals surface area (Å²) in [6.07, 6.45) is 0. The van der Waals surface area contributed by atoms with Crippen LogP contribution >= 0.6 is 0 Å². The summed E-state index contributed by atoms with van der Waals surface area (Å²) in [5.41, 5.74) is 1.37. The Labute approximate surface area is 163 Å². The van der Waals surface area contributed by atoms with Crippen molar-refractivity contribution in [3.8, 4) is 5.69 Å². The Balaban J connectivity index is 1.81. The van der Waals surface area contributed by atoms with E-state index in [4.69, 9.17) is 4.63 Å². The van der Waals surface area contributed by atoms with Gasteiger partial charge < -0.3 is 5.32 Å². The van der Waals surface area contributed by atoms with Crippen molar-refractivity contribution >= 4 is 17.3 Å². The van der Waals surface area contributed by atoms with Gasteiger partial charge in [0, 0.05) is 5.69 Å². The Morgan fingerprint density at radius 1 is 0.897 bits per heavy atom. The van der Waals surface area contributed by atoms with Gasteiger partial charge in [-0.3, -0.25) is 9.42 Å². The monoisotopic (exact) mass is 392 g/mol. The Morgan fingerprint density at radius 2 is 1.52 bits per heavy atom. The van der Waals surface area contributed by atoms with E-state index < -0.39 is 17.5 Å². The highest BCUT2D eigenvalue weighted by atomic mass is 19.1. The van der Waals surface area contributed by atoms with Crippen LogP contribution in [0.4, 0.5) is 20.2 Å². The minimum absolute atomic E-state index is 0.0802. The Hall–Kier alpha value is -4.07. The van der Waals surface area contributed by atoms with Crippen molar-refractivity contribution in [1.82, 2.24) is 9.90 Å². The van der Waals surface area contributed by atoms with Gasteiger partial charge in [-0.1, -0.05) is 18.2 Å². The van der Waals surface area contributed by atoms with Crippen LogP contribution in [-0.4, -0.2) is 15.8 Å². The highest BCUT2D eigenvalue weighted by molar-refractivity contribution is 6.02. The maximum Gasteiger partial charge on any atom is 0.281 e. The molecule has 0 bridgehead atoms. The Bertz CT molecular complexity index is 1200. The molecule has 0 atom stereocenters. The zero-order valence-corrected chi connectivity index (χ0v) is 14.9. The summed E-state index contributed by atoms with van der Waals surface area (Å²) in [7, 11) is 0. The van der Waals surface area contributed by atoms with Crippen molar-refractivity contribution in [3.63, 3.8) is 0 Å². The number of hydrogen-bond acceptors (Lipinski definition) is 4. The minimum atomic E-state index is -0.540. The Kier molecular flexibility index (Phi) is 4.98. The molecule has 0 saturated heterocycles. The first kappa shape index (κ1) is 18.3. The molecular weight excluding hydrogens is 378 g/mol. The number of aromatic nitrogens is 2. The number of anilines is 1. The SMILES string of the molecule is O=C(Nc1ccccc1)c1non(-c2ccc(F)cc2)c1=Nc1ccc(F)cc1. The number of halogens is 2. The summed E-state index contributed by atoms with van der Waals surface area (Å²) >= 11 is 0. The summed E-state index contributed by atoms with van der Waals surface area (Å²) in [4.78, 5) is 17.1. The van der Waals surface area contributed by atoms with Gasteiger partial charge in [-0.2, -0.15) is 0 Å². The molecule has 0 aliphatic heterocycles. The van der Waals surface area contributed by atoms with E-state index in [2.05, 4.69) is 15.5 Å². The first-order chi connectivity index (χ1) is 14.1. The first-order valence-corrected chi connectivity index (χ1v) is 8.62. The molecule has 1 heterocycles. The molecule has 0 aliphatic carbocycles. The first-order valence-electron chi connectivity index (χ1n) is 8.62. The number of para-hydroxylation sites is 1. The maximum atomic E-state index is 13.3. The number of carbonyl (C=O) groups is 1. The van der Waals surface area contributed by atoms with E-state index in [9.17, 15) is 13.6 Å².